The first-order valence-electron chi connectivity index (χ1n) is 7.95. The first-order chi connectivity index (χ1) is 10.2. The molecule has 1 saturated carbocycles. The number of rotatable bonds is 4. The van der Waals surface area contributed by atoms with Crippen LogP contribution in [0.15, 0.2) is 35.3 Å². The summed E-state index contributed by atoms with van der Waals surface area (Å²) >= 11 is 0. The highest BCUT2D eigenvalue weighted by atomic mass is 16.1. The third-order valence-electron chi connectivity index (χ3n) is 4.59. The Labute approximate surface area is 125 Å². The number of hydrogen-bond acceptors (Lipinski definition) is 3. The summed E-state index contributed by atoms with van der Waals surface area (Å²) < 4.78 is 1.58. The van der Waals surface area contributed by atoms with Crippen molar-refractivity contribution < 1.29 is 0 Å². The second-order valence-corrected chi connectivity index (χ2v) is 6.08. The van der Waals surface area contributed by atoms with Gasteiger partial charge < -0.3 is 5.32 Å². The van der Waals surface area contributed by atoms with Crippen molar-refractivity contribution in [3.63, 3.8) is 0 Å². The number of fused-ring (bicyclic) bond motifs is 1. The van der Waals surface area contributed by atoms with Gasteiger partial charge in [0.2, 0.25) is 0 Å². The first kappa shape index (κ1) is 14.3. The molecule has 0 bridgehead atoms. The lowest BCUT2D eigenvalue weighted by molar-refractivity contribution is 0.280. The molecule has 1 aliphatic rings. The molecule has 2 aromatic heterocycles. The Morgan fingerprint density at radius 3 is 2.95 bits per heavy atom. The summed E-state index contributed by atoms with van der Waals surface area (Å²) in [5.41, 5.74) is 1.53. The predicted molar refractivity (Wildman–Crippen MR) is 84.3 cm³/mol. The quantitative estimate of drug-likeness (QED) is 0.939. The van der Waals surface area contributed by atoms with Gasteiger partial charge >= 0.3 is 0 Å². The fraction of sp³-hybridized carbons (Fsp3) is 0.529. The standard InChI is InChI=1S/C17H23N3O/c1-13(14-7-3-2-4-8-14)18-12-15-11-17(21)20-10-6-5-9-16(20)19-15/h5-6,9-11,13-14,18H,2-4,7-8,12H2,1H3/t13-/m0/s1. The van der Waals surface area contributed by atoms with Gasteiger partial charge in [-0.25, -0.2) is 4.98 Å². The summed E-state index contributed by atoms with van der Waals surface area (Å²) in [4.78, 5) is 16.6. The van der Waals surface area contributed by atoms with Gasteiger partial charge in [0, 0.05) is 24.8 Å². The molecular weight excluding hydrogens is 262 g/mol. The molecule has 112 valence electrons. The van der Waals surface area contributed by atoms with E-state index in [9.17, 15) is 4.79 Å². The van der Waals surface area contributed by atoms with Crippen LogP contribution in [0.5, 0.6) is 0 Å². The fourth-order valence-electron chi connectivity index (χ4n) is 3.26. The Bertz CT molecular complexity index is 658. The second-order valence-electron chi connectivity index (χ2n) is 6.08. The summed E-state index contributed by atoms with van der Waals surface area (Å²) in [5, 5.41) is 3.55. The van der Waals surface area contributed by atoms with Crippen molar-refractivity contribution in [2.45, 2.75) is 51.6 Å². The summed E-state index contributed by atoms with van der Waals surface area (Å²) in [6.45, 7) is 2.92. The lowest BCUT2D eigenvalue weighted by Crippen LogP contribution is -2.34. The molecule has 2 aromatic rings. The third-order valence-corrected chi connectivity index (χ3v) is 4.59. The largest absolute Gasteiger partial charge is 0.308 e. The van der Waals surface area contributed by atoms with Gasteiger partial charge in [0.05, 0.1) is 5.69 Å². The summed E-state index contributed by atoms with van der Waals surface area (Å²) in [5.74, 6) is 0.764. The Balaban J connectivity index is 1.69. The van der Waals surface area contributed by atoms with Gasteiger partial charge in [0.1, 0.15) is 5.65 Å². The van der Waals surface area contributed by atoms with Crippen molar-refractivity contribution in [3.05, 3.63) is 46.5 Å². The van der Waals surface area contributed by atoms with Gasteiger partial charge in [-0.1, -0.05) is 25.3 Å². The van der Waals surface area contributed by atoms with Crippen LogP contribution in [0.4, 0.5) is 0 Å². The monoisotopic (exact) mass is 285 g/mol. The highest BCUT2D eigenvalue weighted by Crippen LogP contribution is 2.26. The molecule has 0 saturated heterocycles. The van der Waals surface area contributed by atoms with Crippen LogP contribution in [0.25, 0.3) is 5.65 Å². The Kier molecular flexibility index (Phi) is 4.34. The molecule has 4 nitrogen and oxygen atoms in total. The molecular formula is C17H23N3O. The zero-order valence-corrected chi connectivity index (χ0v) is 12.6. The minimum absolute atomic E-state index is 0.0114. The van der Waals surface area contributed by atoms with Crippen LogP contribution < -0.4 is 10.9 Å². The molecule has 4 heteroatoms. The van der Waals surface area contributed by atoms with Crippen molar-refractivity contribution in [1.82, 2.24) is 14.7 Å². The number of aromatic nitrogens is 2. The summed E-state index contributed by atoms with van der Waals surface area (Å²) in [7, 11) is 0. The van der Waals surface area contributed by atoms with E-state index in [0.717, 1.165) is 11.6 Å². The summed E-state index contributed by atoms with van der Waals surface area (Å²) in [6, 6.07) is 7.74. The van der Waals surface area contributed by atoms with Gasteiger partial charge in [-0.15, -0.1) is 0 Å². The average Bonchev–Trinajstić information content (AvgIpc) is 2.53. The fourth-order valence-corrected chi connectivity index (χ4v) is 3.26. The van der Waals surface area contributed by atoms with E-state index in [0.29, 0.717) is 18.2 Å². The average molecular weight is 285 g/mol. The van der Waals surface area contributed by atoms with Crippen LogP contribution in [0.2, 0.25) is 0 Å². The normalized spacial score (nSPS) is 18.0. The van der Waals surface area contributed by atoms with E-state index in [4.69, 9.17) is 0 Å². The molecule has 3 rings (SSSR count). The molecule has 0 unspecified atom stereocenters. The zero-order valence-electron chi connectivity index (χ0n) is 12.6. The Morgan fingerprint density at radius 1 is 1.33 bits per heavy atom. The Morgan fingerprint density at radius 2 is 2.14 bits per heavy atom. The Hall–Kier alpha value is -1.68. The van der Waals surface area contributed by atoms with Crippen LogP contribution in [0.1, 0.15) is 44.7 Å². The number of nitrogens with zero attached hydrogens (tertiary/aromatic N) is 2. The molecule has 0 aliphatic heterocycles. The van der Waals surface area contributed by atoms with Crippen LogP contribution in [0, 0.1) is 5.92 Å². The number of hydrogen-bond donors (Lipinski definition) is 1. The second kappa shape index (κ2) is 6.39. The molecule has 0 spiro atoms. The van der Waals surface area contributed by atoms with Crippen molar-refractivity contribution in [2.24, 2.45) is 5.92 Å². The first-order valence-corrected chi connectivity index (χ1v) is 7.95. The molecule has 0 aromatic carbocycles. The van der Waals surface area contributed by atoms with Crippen LogP contribution >= 0.6 is 0 Å². The van der Waals surface area contributed by atoms with E-state index in [1.807, 2.05) is 18.2 Å². The van der Waals surface area contributed by atoms with Gasteiger partial charge in [-0.3, -0.25) is 9.20 Å². The van der Waals surface area contributed by atoms with E-state index in [2.05, 4.69) is 17.2 Å². The molecule has 1 aliphatic carbocycles. The highest BCUT2D eigenvalue weighted by molar-refractivity contribution is 5.37. The van der Waals surface area contributed by atoms with Crippen LogP contribution in [0.3, 0.4) is 0 Å². The minimum Gasteiger partial charge on any atom is -0.308 e. The van der Waals surface area contributed by atoms with E-state index in [1.165, 1.54) is 32.1 Å². The van der Waals surface area contributed by atoms with Crippen molar-refractivity contribution >= 4 is 5.65 Å². The number of nitrogens with one attached hydrogen (secondary N) is 1. The summed E-state index contributed by atoms with van der Waals surface area (Å²) in [6.07, 6.45) is 8.49. The maximum atomic E-state index is 12.0. The zero-order chi connectivity index (χ0) is 14.7. The number of pyridine rings is 1. The van der Waals surface area contributed by atoms with E-state index < -0.39 is 0 Å². The van der Waals surface area contributed by atoms with Gasteiger partial charge in [0.15, 0.2) is 0 Å². The lowest BCUT2D eigenvalue weighted by atomic mass is 9.84. The molecule has 1 fully saturated rings. The van der Waals surface area contributed by atoms with Crippen LogP contribution in [-0.4, -0.2) is 15.4 Å². The predicted octanol–water partition coefficient (Wildman–Crippen LogP) is 2.75. The molecule has 1 N–H and O–H groups in total. The van der Waals surface area contributed by atoms with Gasteiger partial charge in [-0.2, -0.15) is 0 Å². The minimum atomic E-state index is -0.0114. The topological polar surface area (TPSA) is 46.4 Å². The maximum Gasteiger partial charge on any atom is 0.258 e. The molecule has 1 atom stereocenters. The highest BCUT2D eigenvalue weighted by Gasteiger charge is 2.19. The SMILES string of the molecule is C[C@H](NCc1cc(=O)n2ccccc2n1)C1CCCCC1. The van der Waals surface area contributed by atoms with Crippen molar-refractivity contribution in [2.75, 3.05) is 0 Å². The maximum absolute atomic E-state index is 12.0. The lowest BCUT2D eigenvalue weighted by Gasteiger charge is -2.28. The van der Waals surface area contributed by atoms with Crippen LogP contribution in [-0.2, 0) is 6.54 Å². The molecule has 0 amide bonds. The van der Waals surface area contributed by atoms with Crippen molar-refractivity contribution in [3.8, 4) is 0 Å². The molecule has 0 radical (unpaired) electrons. The smallest absolute Gasteiger partial charge is 0.258 e. The van der Waals surface area contributed by atoms with Gasteiger partial charge in [-0.05, 0) is 37.8 Å². The van der Waals surface area contributed by atoms with E-state index >= 15 is 0 Å². The van der Waals surface area contributed by atoms with E-state index in [1.54, 1.807) is 16.7 Å². The molecule has 21 heavy (non-hydrogen) atoms. The van der Waals surface area contributed by atoms with Crippen molar-refractivity contribution in [1.29, 1.82) is 0 Å². The van der Waals surface area contributed by atoms with Gasteiger partial charge in [0.25, 0.3) is 5.56 Å². The van der Waals surface area contributed by atoms with E-state index in [-0.39, 0.29) is 5.56 Å². The molecule has 2 heterocycles. The third kappa shape index (κ3) is 3.32.